The number of amides is 2. The molecule has 0 aromatic heterocycles. The highest BCUT2D eigenvalue weighted by molar-refractivity contribution is 5.79. The SMILES string of the molecule is COc1cccc(OCC(=O)N2CCC(C(N)=O)CC2)c1. The number of ether oxygens (including phenoxy) is 2. The predicted octanol–water partition coefficient (Wildman–Crippen LogP) is 0.798. The fourth-order valence-electron chi connectivity index (χ4n) is 2.34. The summed E-state index contributed by atoms with van der Waals surface area (Å²) in [5.41, 5.74) is 5.27. The van der Waals surface area contributed by atoms with E-state index < -0.39 is 0 Å². The van der Waals surface area contributed by atoms with Crippen molar-refractivity contribution in [3.63, 3.8) is 0 Å². The number of methoxy groups -OCH3 is 1. The molecule has 1 aromatic rings. The van der Waals surface area contributed by atoms with Crippen molar-refractivity contribution in [2.45, 2.75) is 12.8 Å². The number of hydrogen-bond donors (Lipinski definition) is 1. The molecule has 6 nitrogen and oxygen atoms in total. The van der Waals surface area contributed by atoms with E-state index in [1.54, 1.807) is 30.2 Å². The summed E-state index contributed by atoms with van der Waals surface area (Å²) in [7, 11) is 1.58. The van der Waals surface area contributed by atoms with Crippen LogP contribution in [0.15, 0.2) is 24.3 Å². The van der Waals surface area contributed by atoms with E-state index in [9.17, 15) is 9.59 Å². The van der Waals surface area contributed by atoms with Gasteiger partial charge in [-0.15, -0.1) is 0 Å². The van der Waals surface area contributed by atoms with Gasteiger partial charge in [-0.1, -0.05) is 6.07 Å². The molecule has 1 heterocycles. The molecule has 0 saturated carbocycles. The first-order valence-electron chi connectivity index (χ1n) is 6.94. The van der Waals surface area contributed by atoms with Crippen LogP contribution in [-0.2, 0) is 9.59 Å². The zero-order chi connectivity index (χ0) is 15.2. The molecule has 0 spiro atoms. The molecule has 1 aliphatic heterocycles. The maximum absolute atomic E-state index is 12.1. The molecule has 0 aliphatic carbocycles. The van der Waals surface area contributed by atoms with E-state index in [1.807, 2.05) is 6.07 Å². The van der Waals surface area contributed by atoms with Gasteiger partial charge in [-0.2, -0.15) is 0 Å². The summed E-state index contributed by atoms with van der Waals surface area (Å²) in [6.07, 6.45) is 1.25. The van der Waals surface area contributed by atoms with Crippen molar-refractivity contribution in [1.29, 1.82) is 0 Å². The minimum absolute atomic E-state index is 0.0194. The lowest BCUT2D eigenvalue weighted by Gasteiger charge is -2.30. The normalized spacial score (nSPS) is 15.6. The lowest BCUT2D eigenvalue weighted by atomic mass is 9.96. The zero-order valence-corrected chi connectivity index (χ0v) is 12.1. The standard InChI is InChI=1S/C15H20N2O4/c1-20-12-3-2-4-13(9-12)21-10-14(18)17-7-5-11(6-8-17)15(16)19/h2-4,9,11H,5-8,10H2,1H3,(H2,16,19). The summed E-state index contributed by atoms with van der Waals surface area (Å²) in [5.74, 6) is 0.792. The van der Waals surface area contributed by atoms with Crippen molar-refractivity contribution < 1.29 is 19.1 Å². The smallest absolute Gasteiger partial charge is 0.260 e. The van der Waals surface area contributed by atoms with E-state index in [4.69, 9.17) is 15.2 Å². The molecule has 1 fully saturated rings. The van der Waals surface area contributed by atoms with Gasteiger partial charge in [0.15, 0.2) is 6.61 Å². The Morgan fingerprint density at radius 2 is 1.95 bits per heavy atom. The van der Waals surface area contributed by atoms with Crippen LogP contribution in [0.5, 0.6) is 11.5 Å². The van der Waals surface area contributed by atoms with Gasteiger partial charge in [0.05, 0.1) is 7.11 Å². The van der Waals surface area contributed by atoms with E-state index >= 15 is 0 Å². The molecule has 1 saturated heterocycles. The van der Waals surface area contributed by atoms with Gasteiger partial charge in [-0.05, 0) is 25.0 Å². The van der Waals surface area contributed by atoms with Crippen molar-refractivity contribution in [3.8, 4) is 11.5 Å². The third kappa shape index (κ3) is 4.11. The van der Waals surface area contributed by atoms with Crippen molar-refractivity contribution >= 4 is 11.8 Å². The van der Waals surface area contributed by atoms with Crippen molar-refractivity contribution in [3.05, 3.63) is 24.3 Å². The molecule has 2 rings (SSSR count). The van der Waals surface area contributed by atoms with Crippen LogP contribution in [0.3, 0.4) is 0 Å². The van der Waals surface area contributed by atoms with Crippen molar-refractivity contribution in [2.75, 3.05) is 26.8 Å². The van der Waals surface area contributed by atoms with Crippen LogP contribution in [0.4, 0.5) is 0 Å². The molecule has 1 aromatic carbocycles. The van der Waals surface area contributed by atoms with Crippen molar-refractivity contribution in [1.82, 2.24) is 4.90 Å². The van der Waals surface area contributed by atoms with Gasteiger partial charge < -0.3 is 20.1 Å². The Bertz CT molecular complexity index is 510. The van der Waals surface area contributed by atoms with E-state index in [-0.39, 0.29) is 24.3 Å². The Morgan fingerprint density at radius 3 is 2.57 bits per heavy atom. The molecule has 114 valence electrons. The number of piperidine rings is 1. The van der Waals surface area contributed by atoms with Crippen LogP contribution in [-0.4, -0.2) is 43.5 Å². The maximum Gasteiger partial charge on any atom is 0.260 e. The minimum Gasteiger partial charge on any atom is -0.497 e. The molecule has 0 unspecified atom stereocenters. The number of nitrogens with zero attached hydrogens (tertiary/aromatic N) is 1. The second kappa shape index (κ2) is 6.97. The van der Waals surface area contributed by atoms with Crippen LogP contribution in [0.1, 0.15) is 12.8 Å². The first-order chi connectivity index (χ1) is 10.1. The summed E-state index contributed by atoms with van der Waals surface area (Å²) >= 11 is 0. The Balaban J connectivity index is 1.81. The molecule has 0 radical (unpaired) electrons. The number of likely N-dealkylation sites (tertiary alicyclic amines) is 1. The van der Waals surface area contributed by atoms with Gasteiger partial charge in [-0.3, -0.25) is 9.59 Å². The van der Waals surface area contributed by atoms with Crippen LogP contribution < -0.4 is 15.2 Å². The van der Waals surface area contributed by atoms with E-state index in [0.29, 0.717) is 37.4 Å². The first kappa shape index (κ1) is 15.2. The summed E-state index contributed by atoms with van der Waals surface area (Å²) in [6.45, 7) is 1.08. The largest absolute Gasteiger partial charge is 0.497 e. The Labute approximate surface area is 123 Å². The highest BCUT2D eigenvalue weighted by atomic mass is 16.5. The predicted molar refractivity (Wildman–Crippen MR) is 77.0 cm³/mol. The first-order valence-corrected chi connectivity index (χ1v) is 6.94. The van der Waals surface area contributed by atoms with E-state index in [1.165, 1.54) is 0 Å². The van der Waals surface area contributed by atoms with Gasteiger partial charge in [0.1, 0.15) is 11.5 Å². The second-order valence-electron chi connectivity index (χ2n) is 5.03. The van der Waals surface area contributed by atoms with Gasteiger partial charge in [-0.25, -0.2) is 0 Å². The molecule has 21 heavy (non-hydrogen) atoms. The van der Waals surface area contributed by atoms with Crippen LogP contribution in [0.25, 0.3) is 0 Å². The number of nitrogens with two attached hydrogens (primary N) is 1. The number of carbonyl (C=O) groups is 2. The lowest BCUT2D eigenvalue weighted by Crippen LogP contribution is -2.43. The number of hydrogen-bond acceptors (Lipinski definition) is 4. The molecule has 6 heteroatoms. The fourth-order valence-corrected chi connectivity index (χ4v) is 2.34. The number of primary amides is 1. The van der Waals surface area contributed by atoms with Crippen molar-refractivity contribution in [2.24, 2.45) is 11.7 Å². The highest BCUT2D eigenvalue weighted by Gasteiger charge is 2.25. The summed E-state index contributed by atoms with van der Waals surface area (Å²) in [4.78, 5) is 24.8. The van der Waals surface area contributed by atoms with Crippen LogP contribution >= 0.6 is 0 Å². The van der Waals surface area contributed by atoms with Gasteiger partial charge >= 0.3 is 0 Å². The molecular weight excluding hydrogens is 272 g/mol. The van der Waals surface area contributed by atoms with E-state index in [2.05, 4.69) is 0 Å². The summed E-state index contributed by atoms with van der Waals surface area (Å²) in [6, 6.07) is 7.11. The minimum atomic E-state index is -0.283. The highest BCUT2D eigenvalue weighted by Crippen LogP contribution is 2.20. The average molecular weight is 292 g/mol. The molecule has 2 N–H and O–H groups in total. The third-order valence-corrected chi connectivity index (χ3v) is 3.65. The molecule has 1 aliphatic rings. The van der Waals surface area contributed by atoms with E-state index in [0.717, 1.165) is 0 Å². The molecule has 2 amide bonds. The number of carbonyl (C=O) groups excluding carboxylic acids is 2. The Morgan fingerprint density at radius 1 is 1.29 bits per heavy atom. The Kier molecular flexibility index (Phi) is 5.03. The van der Waals surface area contributed by atoms with Crippen LogP contribution in [0.2, 0.25) is 0 Å². The quantitative estimate of drug-likeness (QED) is 0.870. The monoisotopic (exact) mass is 292 g/mol. The summed E-state index contributed by atoms with van der Waals surface area (Å²) in [5, 5.41) is 0. The van der Waals surface area contributed by atoms with Gasteiger partial charge in [0.25, 0.3) is 5.91 Å². The Hall–Kier alpha value is -2.24. The van der Waals surface area contributed by atoms with Gasteiger partial charge in [0.2, 0.25) is 5.91 Å². The number of rotatable bonds is 5. The maximum atomic E-state index is 12.1. The number of benzene rings is 1. The average Bonchev–Trinajstić information content (AvgIpc) is 2.53. The topological polar surface area (TPSA) is 81.9 Å². The van der Waals surface area contributed by atoms with Gasteiger partial charge in [0, 0.05) is 25.1 Å². The molecule has 0 atom stereocenters. The zero-order valence-electron chi connectivity index (χ0n) is 12.1. The second-order valence-corrected chi connectivity index (χ2v) is 5.03. The fraction of sp³-hybridized carbons (Fsp3) is 0.467. The van der Waals surface area contributed by atoms with Crippen LogP contribution in [0, 0.1) is 5.92 Å². The summed E-state index contributed by atoms with van der Waals surface area (Å²) < 4.78 is 10.6. The lowest BCUT2D eigenvalue weighted by molar-refractivity contribution is -0.136. The third-order valence-electron chi connectivity index (χ3n) is 3.65. The molecular formula is C15H20N2O4. The molecule has 0 bridgehead atoms.